The number of hydrogen-bond donors (Lipinski definition) is 0. The van der Waals surface area contributed by atoms with E-state index in [1.807, 2.05) is 0 Å². The Balaban J connectivity index is 1.78. The molecule has 0 bridgehead atoms. The van der Waals surface area contributed by atoms with Gasteiger partial charge in [0.15, 0.2) is 8.32 Å². The SMILES string of the molecule is CC(C)c1nc2c(c3c1[C@@H](c1ccc(C(F)(F)F)nc1)OC31CCCC1I)[C@@H](O[Si](C)(C)C(C)(C)C)CC(C)(C)C2. The summed E-state index contributed by atoms with van der Waals surface area (Å²) in [4.78, 5) is 9.21. The summed E-state index contributed by atoms with van der Waals surface area (Å²) in [6, 6.07) is 2.61. The molecule has 2 aromatic heterocycles. The summed E-state index contributed by atoms with van der Waals surface area (Å²) in [5.74, 6) is 0.122. The summed E-state index contributed by atoms with van der Waals surface area (Å²) < 4.78 is 54.8. The highest BCUT2D eigenvalue weighted by molar-refractivity contribution is 14.1. The highest BCUT2D eigenvalue weighted by Crippen LogP contribution is 2.62. The number of rotatable bonds is 4. The number of nitrogens with zero attached hydrogens (tertiary/aromatic N) is 2. The highest BCUT2D eigenvalue weighted by Gasteiger charge is 2.57. The standard InChI is InChI=1S/C32H44F3IN2O2Si/c1-18(2)27-25-26(24-20(38-27)15-30(6,7)16-21(24)40-41(8,9)29(3,4)5)31(14-10-11-22(31)36)39-28(25)19-12-13-23(37-17-19)32(33,34)35/h12-13,17-18,21-22,28H,10-11,14-16H2,1-9H3/t21-,22?,28+,31?/m0/s1. The van der Waals surface area contributed by atoms with E-state index in [0.717, 1.165) is 55.1 Å². The second-order valence-corrected chi connectivity index (χ2v) is 21.2. The average Bonchev–Trinajstić information content (AvgIpc) is 3.37. The van der Waals surface area contributed by atoms with Gasteiger partial charge in [0, 0.05) is 43.8 Å². The van der Waals surface area contributed by atoms with Crippen LogP contribution in [-0.4, -0.2) is 22.2 Å². The zero-order valence-electron chi connectivity index (χ0n) is 25.8. The van der Waals surface area contributed by atoms with Crippen molar-refractivity contribution in [1.29, 1.82) is 0 Å². The van der Waals surface area contributed by atoms with Gasteiger partial charge in [0.1, 0.15) is 17.4 Å². The van der Waals surface area contributed by atoms with E-state index in [2.05, 4.69) is 89.1 Å². The lowest BCUT2D eigenvalue weighted by molar-refractivity contribution is -0.141. The van der Waals surface area contributed by atoms with Crippen LogP contribution in [0.15, 0.2) is 18.3 Å². The van der Waals surface area contributed by atoms with Crippen molar-refractivity contribution in [3.63, 3.8) is 0 Å². The fourth-order valence-electron chi connectivity index (χ4n) is 6.73. The van der Waals surface area contributed by atoms with Crippen LogP contribution in [0.4, 0.5) is 13.2 Å². The van der Waals surface area contributed by atoms with Crippen molar-refractivity contribution in [2.45, 2.75) is 133 Å². The molecule has 9 heteroatoms. The first kappa shape index (κ1) is 31.4. The molecule has 0 N–H and O–H groups in total. The number of ether oxygens (including phenoxy) is 1. The third kappa shape index (κ3) is 5.43. The Morgan fingerprint density at radius 3 is 2.32 bits per heavy atom. The summed E-state index contributed by atoms with van der Waals surface area (Å²) in [5, 5.41) is 0.0466. The molecule has 5 rings (SSSR count). The number of alkyl halides is 4. The van der Waals surface area contributed by atoms with E-state index in [1.54, 1.807) is 0 Å². The Labute approximate surface area is 257 Å². The second-order valence-electron chi connectivity index (χ2n) is 14.9. The maximum Gasteiger partial charge on any atom is 0.433 e. The molecule has 2 aliphatic carbocycles. The van der Waals surface area contributed by atoms with Crippen molar-refractivity contribution in [3.8, 4) is 0 Å². The van der Waals surface area contributed by atoms with E-state index < -0.39 is 31.9 Å². The molecule has 4 nitrogen and oxygen atoms in total. The monoisotopic (exact) mass is 700 g/mol. The molecule has 0 amide bonds. The zero-order valence-corrected chi connectivity index (χ0v) is 29.0. The van der Waals surface area contributed by atoms with Crippen LogP contribution >= 0.6 is 22.6 Å². The zero-order chi connectivity index (χ0) is 30.3. The number of halogens is 4. The lowest BCUT2D eigenvalue weighted by atomic mass is 9.70. The van der Waals surface area contributed by atoms with Gasteiger partial charge in [-0.1, -0.05) is 77.1 Å². The molecule has 4 atom stereocenters. The summed E-state index contributed by atoms with van der Waals surface area (Å²) in [7, 11) is -2.15. The molecule has 41 heavy (non-hydrogen) atoms. The summed E-state index contributed by atoms with van der Waals surface area (Å²) in [6.07, 6.45) is 0.949. The number of fused-ring (bicyclic) bond motifs is 4. The molecule has 1 fully saturated rings. The van der Waals surface area contributed by atoms with Crippen LogP contribution in [0.1, 0.15) is 132 Å². The molecule has 0 radical (unpaired) electrons. The molecule has 0 aromatic carbocycles. The minimum atomic E-state index is -4.49. The molecule has 1 spiro atoms. The van der Waals surface area contributed by atoms with Gasteiger partial charge in [-0.15, -0.1) is 0 Å². The van der Waals surface area contributed by atoms with Gasteiger partial charge in [-0.3, -0.25) is 9.97 Å². The van der Waals surface area contributed by atoms with Crippen molar-refractivity contribution in [1.82, 2.24) is 9.97 Å². The maximum atomic E-state index is 13.4. The Hall–Kier alpha value is -1.04. The van der Waals surface area contributed by atoms with Crippen molar-refractivity contribution in [3.05, 3.63) is 57.7 Å². The molecular formula is C32H44F3IN2O2Si. The van der Waals surface area contributed by atoms with Crippen molar-refractivity contribution >= 4 is 30.9 Å². The second kappa shape index (κ2) is 10.3. The summed E-state index contributed by atoms with van der Waals surface area (Å²) in [6.45, 7) is 20.3. The van der Waals surface area contributed by atoms with Crippen molar-refractivity contribution < 1.29 is 22.3 Å². The van der Waals surface area contributed by atoms with Gasteiger partial charge in [0.05, 0.1) is 6.10 Å². The molecule has 2 aromatic rings. The van der Waals surface area contributed by atoms with E-state index in [0.29, 0.717) is 5.56 Å². The van der Waals surface area contributed by atoms with Crippen LogP contribution in [0.25, 0.3) is 0 Å². The van der Waals surface area contributed by atoms with Crippen LogP contribution in [-0.2, 0) is 27.4 Å². The van der Waals surface area contributed by atoms with Crippen molar-refractivity contribution in [2.75, 3.05) is 0 Å². The van der Waals surface area contributed by atoms with Gasteiger partial charge < -0.3 is 9.16 Å². The van der Waals surface area contributed by atoms with Crippen molar-refractivity contribution in [2.24, 2.45) is 5.41 Å². The minimum Gasteiger partial charge on any atom is -0.410 e. The molecule has 1 aliphatic heterocycles. The number of hydrogen-bond acceptors (Lipinski definition) is 4. The molecular weight excluding hydrogens is 656 g/mol. The summed E-state index contributed by atoms with van der Waals surface area (Å²) >= 11 is 2.55. The van der Waals surface area contributed by atoms with Gasteiger partial charge in [0.2, 0.25) is 0 Å². The Morgan fingerprint density at radius 2 is 1.80 bits per heavy atom. The lowest BCUT2D eigenvalue weighted by Gasteiger charge is -2.45. The quantitative estimate of drug-likeness (QED) is 0.181. The topological polar surface area (TPSA) is 44.2 Å². The third-order valence-electron chi connectivity index (χ3n) is 9.78. The molecule has 2 unspecified atom stereocenters. The first-order valence-corrected chi connectivity index (χ1v) is 19.0. The first-order chi connectivity index (χ1) is 18.8. The van der Waals surface area contributed by atoms with Gasteiger partial charge in [-0.2, -0.15) is 13.2 Å². The van der Waals surface area contributed by atoms with E-state index >= 15 is 0 Å². The molecule has 3 heterocycles. The van der Waals surface area contributed by atoms with Gasteiger partial charge in [-0.05, 0) is 67.6 Å². The lowest BCUT2D eigenvalue weighted by Crippen LogP contribution is -2.44. The number of pyridine rings is 2. The van der Waals surface area contributed by atoms with Crippen LogP contribution in [0.3, 0.4) is 0 Å². The normalized spacial score (nSPS) is 27.9. The van der Waals surface area contributed by atoms with E-state index in [4.69, 9.17) is 14.1 Å². The van der Waals surface area contributed by atoms with Crippen LogP contribution in [0.5, 0.6) is 0 Å². The third-order valence-corrected chi connectivity index (χ3v) is 15.9. The largest absolute Gasteiger partial charge is 0.433 e. The fraction of sp³-hybridized carbons (Fsp3) is 0.688. The smallest absolute Gasteiger partial charge is 0.410 e. The molecule has 226 valence electrons. The Morgan fingerprint density at radius 1 is 1.12 bits per heavy atom. The van der Waals surface area contributed by atoms with Gasteiger partial charge >= 0.3 is 6.18 Å². The van der Waals surface area contributed by atoms with E-state index in [-0.39, 0.29) is 26.4 Å². The Bertz CT molecular complexity index is 1320. The van der Waals surface area contributed by atoms with Gasteiger partial charge in [0.25, 0.3) is 0 Å². The molecule has 1 saturated carbocycles. The maximum absolute atomic E-state index is 13.4. The molecule has 0 saturated heterocycles. The van der Waals surface area contributed by atoms with Gasteiger partial charge in [-0.25, -0.2) is 0 Å². The minimum absolute atomic E-state index is 0.0261. The highest BCUT2D eigenvalue weighted by atomic mass is 127. The van der Waals surface area contributed by atoms with Crippen LogP contribution in [0.2, 0.25) is 18.1 Å². The predicted molar refractivity (Wildman–Crippen MR) is 167 cm³/mol. The predicted octanol–water partition coefficient (Wildman–Crippen LogP) is 9.96. The fourth-order valence-corrected chi connectivity index (χ4v) is 9.20. The number of aromatic nitrogens is 2. The molecule has 3 aliphatic rings. The van der Waals surface area contributed by atoms with E-state index in [1.165, 1.54) is 23.4 Å². The average molecular weight is 701 g/mol. The first-order valence-electron chi connectivity index (χ1n) is 14.9. The van der Waals surface area contributed by atoms with Crippen LogP contribution < -0.4 is 0 Å². The van der Waals surface area contributed by atoms with E-state index in [9.17, 15) is 13.2 Å². The Kier molecular flexibility index (Phi) is 7.85. The van der Waals surface area contributed by atoms with Crippen LogP contribution in [0, 0.1) is 5.41 Å². The summed E-state index contributed by atoms with van der Waals surface area (Å²) in [5.41, 5.74) is 4.79.